The molecule has 2 aliphatic heterocycles. The Hall–Kier alpha value is -3.93. The van der Waals surface area contributed by atoms with Gasteiger partial charge in [-0.1, -0.05) is 65.5 Å². The molecule has 2 heterocycles. The van der Waals surface area contributed by atoms with Crippen molar-refractivity contribution in [2.24, 2.45) is 5.16 Å². The molecule has 1 amide bonds. The van der Waals surface area contributed by atoms with Gasteiger partial charge in [0.05, 0.1) is 36.4 Å². The lowest BCUT2D eigenvalue weighted by atomic mass is 10.0. The number of carbonyl (C=O) groups is 1. The van der Waals surface area contributed by atoms with E-state index in [9.17, 15) is 13.2 Å². The molecule has 8 heteroatoms. The Morgan fingerprint density at radius 1 is 1.00 bits per heavy atom. The zero-order valence-electron chi connectivity index (χ0n) is 19.0. The molecule has 3 aromatic rings. The third-order valence-corrected chi connectivity index (χ3v) is 6.32. The van der Waals surface area contributed by atoms with Crippen LogP contribution < -0.4 is 4.90 Å². The summed E-state index contributed by atoms with van der Waals surface area (Å²) in [6, 6.07) is 22.2. The number of para-hydroxylation sites is 1. The van der Waals surface area contributed by atoms with Crippen molar-refractivity contribution in [3.8, 4) is 11.8 Å². The van der Waals surface area contributed by atoms with Gasteiger partial charge in [-0.05, 0) is 35.4 Å². The summed E-state index contributed by atoms with van der Waals surface area (Å²) in [6.45, 7) is 0.296. The minimum atomic E-state index is -3.50. The van der Waals surface area contributed by atoms with Crippen molar-refractivity contribution in [3.63, 3.8) is 0 Å². The summed E-state index contributed by atoms with van der Waals surface area (Å²) in [6.07, 6.45) is 1.22. The molecule has 0 aromatic heterocycles. The van der Waals surface area contributed by atoms with E-state index in [4.69, 9.17) is 9.02 Å². The number of fused-ring (bicyclic) bond motifs is 2. The Morgan fingerprint density at radius 2 is 1.69 bits per heavy atom. The van der Waals surface area contributed by atoms with Crippen molar-refractivity contribution in [3.05, 3.63) is 101 Å². The number of hydrogen-bond donors (Lipinski definition) is 0. The molecule has 0 bridgehead atoms. The van der Waals surface area contributed by atoms with Crippen LogP contribution in [0.2, 0.25) is 0 Å². The topological polar surface area (TPSA) is 85.3 Å². The van der Waals surface area contributed by atoms with Gasteiger partial charge in [-0.2, -0.15) is 8.42 Å². The van der Waals surface area contributed by atoms with Crippen molar-refractivity contribution >= 4 is 27.4 Å². The highest BCUT2D eigenvalue weighted by Gasteiger charge is 2.30. The molecule has 5 rings (SSSR count). The summed E-state index contributed by atoms with van der Waals surface area (Å²) in [5.41, 5.74) is 5.14. The number of carbonyl (C=O) groups excluding carboxylic acids is 1. The number of nitrogens with zero attached hydrogens (tertiary/aromatic N) is 2. The van der Waals surface area contributed by atoms with Crippen LogP contribution in [0.3, 0.4) is 0 Å². The van der Waals surface area contributed by atoms with Gasteiger partial charge in [0, 0.05) is 17.5 Å². The molecular weight excluding hydrogens is 464 g/mol. The van der Waals surface area contributed by atoms with Crippen LogP contribution in [-0.2, 0) is 25.7 Å². The third kappa shape index (κ3) is 5.11. The number of amides is 1. The van der Waals surface area contributed by atoms with Crippen LogP contribution in [0.25, 0.3) is 0 Å². The monoisotopic (exact) mass is 486 g/mol. The van der Waals surface area contributed by atoms with Gasteiger partial charge in [-0.3, -0.25) is 8.98 Å². The number of benzene rings is 3. The van der Waals surface area contributed by atoms with E-state index in [2.05, 4.69) is 17.0 Å². The minimum absolute atomic E-state index is 0.0223. The lowest BCUT2D eigenvalue weighted by Crippen LogP contribution is -2.39. The molecule has 2 aliphatic rings. The van der Waals surface area contributed by atoms with E-state index in [0.717, 1.165) is 34.3 Å². The maximum Gasteiger partial charge on any atom is 0.264 e. The number of hydrogen-bond acceptors (Lipinski definition) is 6. The van der Waals surface area contributed by atoms with Crippen LogP contribution in [0.5, 0.6) is 0 Å². The van der Waals surface area contributed by atoms with Gasteiger partial charge in [-0.15, -0.1) is 0 Å². The van der Waals surface area contributed by atoms with Gasteiger partial charge >= 0.3 is 0 Å². The Balaban J connectivity index is 1.33. The molecular formula is C27H22N2O5S. The summed E-state index contributed by atoms with van der Waals surface area (Å²) in [7, 11) is -3.50. The predicted molar refractivity (Wildman–Crippen MR) is 133 cm³/mol. The average Bonchev–Trinajstić information content (AvgIpc) is 3.33. The molecule has 0 saturated carbocycles. The predicted octanol–water partition coefficient (Wildman–Crippen LogP) is 3.72. The van der Waals surface area contributed by atoms with Crippen molar-refractivity contribution < 1.29 is 22.2 Å². The molecule has 0 N–H and O–H groups in total. The summed E-state index contributed by atoms with van der Waals surface area (Å²) < 4.78 is 27.2. The van der Waals surface area contributed by atoms with Crippen LogP contribution in [0, 0.1) is 11.8 Å². The zero-order valence-corrected chi connectivity index (χ0v) is 19.8. The Labute approximate surface area is 204 Å². The average molecular weight is 487 g/mol. The lowest BCUT2D eigenvalue weighted by Gasteiger charge is -2.27. The summed E-state index contributed by atoms with van der Waals surface area (Å²) in [5, 5.41) is 4.26. The molecule has 3 aromatic carbocycles. The van der Waals surface area contributed by atoms with E-state index in [-0.39, 0.29) is 18.6 Å². The molecule has 1 atom stereocenters. The molecule has 0 fully saturated rings. The molecule has 1 unspecified atom stereocenters. The van der Waals surface area contributed by atoms with E-state index in [1.807, 2.05) is 54.6 Å². The molecule has 0 aliphatic carbocycles. The van der Waals surface area contributed by atoms with E-state index in [0.29, 0.717) is 24.1 Å². The first kappa shape index (κ1) is 22.8. The normalized spacial score (nSPS) is 16.7. The van der Waals surface area contributed by atoms with E-state index in [1.165, 1.54) is 0 Å². The van der Waals surface area contributed by atoms with Crippen LogP contribution in [0.1, 0.15) is 39.0 Å². The highest BCUT2D eigenvalue weighted by Crippen LogP contribution is 2.27. The van der Waals surface area contributed by atoms with Crippen LogP contribution in [0.4, 0.5) is 5.69 Å². The number of anilines is 1. The zero-order chi connectivity index (χ0) is 24.4. The Bertz CT molecular complexity index is 1480. The first-order valence-electron chi connectivity index (χ1n) is 11.1. The Kier molecular flexibility index (Phi) is 6.12. The SMILES string of the molecule is CS(=O)(=O)OCc1ccc(C2=NOC(CN3C(=O)c4ccccc4C#Cc4ccccc43)C2)cc1. The van der Waals surface area contributed by atoms with Gasteiger partial charge in [0.15, 0.2) is 6.10 Å². The molecule has 0 saturated heterocycles. The molecule has 0 spiro atoms. The second-order valence-corrected chi connectivity index (χ2v) is 10.0. The van der Waals surface area contributed by atoms with Gasteiger partial charge in [0.2, 0.25) is 0 Å². The smallest absolute Gasteiger partial charge is 0.264 e. The minimum Gasteiger partial charge on any atom is -0.390 e. The highest BCUT2D eigenvalue weighted by molar-refractivity contribution is 7.85. The van der Waals surface area contributed by atoms with Crippen LogP contribution in [0.15, 0.2) is 78.0 Å². The van der Waals surface area contributed by atoms with Crippen molar-refractivity contribution in [1.29, 1.82) is 0 Å². The van der Waals surface area contributed by atoms with Crippen LogP contribution >= 0.6 is 0 Å². The van der Waals surface area contributed by atoms with Crippen molar-refractivity contribution in [1.82, 2.24) is 0 Å². The first-order chi connectivity index (χ1) is 16.9. The van der Waals surface area contributed by atoms with Gasteiger partial charge in [0.1, 0.15) is 0 Å². The molecule has 0 radical (unpaired) electrons. The molecule has 176 valence electrons. The second kappa shape index (κ2) is 9.37. The largest absolute Gasteiger partial charge is 0.390 e. The Morgan fingerprint density at radius 3 is 2.46 bits per heavy atom. The van der Waals surface area contributed by atoms with Crippen LogP contribution in [-0.4, -0.2) is 38.9 Å². The fraction of sp³-hybridized carbons (Fsp3) is 0.185. The maximum absolute atomic E-state index is 13.6. The summed E-state index contributed by atoms with van der Waals surface area (Å²) in [4.78, 5) is 21.0. The van der Waals surface area contributed by atoms with E-state index in [1.54, 1.807) is 23.1 Å². The lowest BCUT2D eigenvalue weighted by molar-refractivity contribution is 0.0817. The second-order valence-electron chi connectivity index (χ2n) is 8.36. The molecule has 7 nitrogen and oxygen atoms in total. The van der Waals surface area contributed by atoms with Crippen molar-refractivity contribution in [2.75, 3.05) is 17.7 Å². The fourth-order valence-corrected chi connectivity index (χ4v) is 4.38. The molecule has 35 heavy (non-hydrogen) atoms. The fourth-order valence-electron chi connectivity index (χ4n) is 4.03. The summed E-state index contributed by atoms with van der Waals surface area (Å²) in [5.74, 6) is 6.19. The highest BCUT2D eigenvalue weighted by atomic mass is 32.2. The van der Waals surface area contributed by atoms with Crippen molar-refractivity contribution in [2.45, 2.75) is 19.1 Å². The summed E-state index contributed by atoms with van der Waals surface area (Å²) >= 11 is 0. The standard InChI is InChI=1S/C27H22N2O5S/c1-35(31,32)33-18-19-10-12-21(13-11-19)25-16-23(34-28-25)17-29-26-9-5-3-7-22(26)15-14-20-6-2-4-8-24(20)27(29)30/h2-13,23H,16-18H2,1H3. The quantitative estimate of drug-likeness (QED) is 0.392. The van der Waals surface area contributed by atoms with Gasteiger partial charge < -0.3 is 9.74 Å². The van der Waals surface area contributed by atoms with Gasteiger partial charge in [0.25, 0.3) is 16.0 Å². The van der Waals surface area contributed by atoms with Gasteiger partial charge in [-0.25, -0.2) is 0 Å². The third-order valence-electron chi connectivity index (χ3n) is 5.78. The van der Waals surface area contributed by atoms with E-state index < -0.39 is 10.1 Å². The first-order valence-corrected chi connectivity index (χ1v) is 12.9. The maximum atomic E-state index is 13.6. The van der Waals surface area contributed by atoms with E-state index >= 15 is 0 Å². The number of oxime groups is 1. The number of rotatable bonds is 6.